The number of nitrogens with one attached hydrogen (secondary N) is 1. The molecule has 2 fully saturated rings. The van der Waals surface area contributed by atoms with Crippen LogP contribution in [0.15, 0.2) is 0 Å². The highest BCUT2D eigenvalue weighted by atomic mass is 16.2. The monoisotopic (exact) mass is 139 g/mol. The first-order valence-corrected chi connectivity index (χ1v) is 4.00. The summed E-state index contributed by atoms with van der Waals surface area (Å²) in [6.07, 6.45) is 1.11. The minimum atomic E-state index is 0.288. The van der Waals surface area contributed by atoms with Crippen molar-refractivity contribution in [3.63, 3.8) is 0 Å². The van der Waals surface area contributed by atoms with Gasteiger partial charge in [0.15, 0.2) is 0 Å². The molecule has 2 aliphatic rings. The molecular weight excluding hydrogens is 126 g/mol. The fourth-order valence-electron chi connectivity index (χ4n) is 2.42. The van der Waals surface area contributed by atoms with Crippen molar-refractivity contribution in [3.05, 3.63) is 0 Å². The molecule has 4 atom stereocenters. The van der Waals surface area contributed by atoms with Gasteiger partial charge in [0.2, 0.25) is 5.91 Å². The van der Waals surface area contributed by atoms with Crippen LogP contribution in [0.5, 0.6) is 0 Å². The van der Waals surface area contributed by atoms with Crippen LogP contribution in [-0.4, -0.2) is 11.9 Å². The van der Waals surface area contributed by atoms with Crippen molar-refractivity contribution < 1.29 is 4.79 Å². The molecule has 0 aromatic carbocycles. The van der Waals surface area contributed by atoms with Gasteiger partial charge in [0.25, 0.3) is 0 Å². The third-order valence-corrected chi connectivity index (χ3v) is 3.09. The summed E-state index contributed by atoms with van der Waals surface area (Å²) in [5.41, 5.74) is 0. The summed E-state index contributed by atoms with van der Waals surface area (Å²) < 4.78 is 0. The van der Waals surface area contributed by atoms with E-state index in [-0.39, 0.29) is 5.91 Å². The van der Waals surface area contributed by atoms with Crippen molar-refractivity contribution in [3.8, 4) is 0 Å². The summed E-state index contributed by atoms with van der Waals surface area (Å²) in [4.78, 5) is 11.1. The molecule has 0 aromatic heterocycles. The van der Waals surface area contributed by atoms with Crippen molar-refractivity contribution in [1.29, 1.82) is 0 Å². The standard InChI is InChI=1S/C8H13NO/c1-4-3-6-5(2)7(4)9-8(6)10/h4-7H,3H2,1-2H3,(H,9,10). The highest BCUT2D eigenvalue weighted by Gasteiger charge is 2.48. The lowest BCUT2D eigenvalue weighted by Gasteiger charge is -2.17. The lowest BCUT2D eigenvalue weighted by Crippen LogP contribution is -2.36. The van der Waals surface area contributed by atoms with Gasteiger partial charge in [0.05, 0.1) is 0 Å². The van der Waals surface area contributed by atoms with E-state index in [9.17, 15) is 4.79 Å². The van der Waals surface area contributed by atoms with Crippen LogP contribution in [0, 0.1) is 17.8 Å². The third-order valence-electron chi connectivity index (χ3n) is 3.09. The number of hydrogen-bond donors (Lipinski definition) is 1. The Hall–Kier alpha value is -0.530. The first-order valence-electron chi connectivity index (χ1n) is 4.00. The Morgan fingerprint density at radius 3 is 2.50 bits per heavy atom. The summed E-state index contributed by atoms with van der Waals surface area (Å²) >= 11 is 0. The van der Waals surface area contributed by atoms with E-state index in [1.807, 2.05) is 0 Å². The highest BCUT2D eigenvalue weighted by molar-refractivity contribution is 5.83. The summed E-state index contributed by atoms with van der Waals surface area (Å²) in [7, 11) is 0. The van der Waals surface area contributed by atoms with Crippen LogP contribution in [0.2, 0.25) is 0 Å². The third kappa shape index (κ3) is 0.568. The van der Waals surface area contributed by atoms with Gasteiger partial charge in [-0.15, -0.1) is 0 Å². The summed E-state index contributed by atoms with van der Waals surface area (Å²) in [6.45, 7) is 4.40. The van der Waals surface area contributed by atoms with E-state index in [2.05, 4.69) is 19.2 Å². The van der Waals surface area contributed by atoms with Crippen LogP contribution in [-0.2, 0) is 4.79 Å². The number of piperidine rings is 1. The summed E-state index contributed by atoms with van der Waals surface area (Å²) in [5.74, 6) is 1.91. The largest absolute Gasteiger partial charge is 0.353 e. The van der Waals surface area contributed by atoms with Crippen LogP contribution >= 0.6 is 0 Å². The fraction of sp³-hybridized carbons (Fsp3) is 0.875. The van der Waals surface area contributed by atoms with E-state index >= 15 is 0 Å². The van der Waals surface area contributed by atoms with Gasteiger partial charge in [-0.1, -0.05) is 13.8 Å². The van der Waals surface area contributed by atoms with Crippen molar-refractivity contribution in [2.24, 2.45) is 17.8 Å². The smallest absolute Gasteiger partial charge is 0.223 e. The van der Waals surface area contributed by atoms with Crippen molar-refractivity contribution in [2.75, 3.05) is 0 Å². The molecular formula is C8H13NO. The lowest BCUT2D eigenvalue weighted by atomic mass is 10.0. The second-order valence-corrected chi connectivity index (χ2v) is 3.71. The zero-order valence-electron chi connectivity index (χ0n) is 6.42. The maximum Gasteiger partial charge on any atom is 0.223 e. The van der Waals surface area contributed by atoms with Crippen molar-refractivity contribution in [2.45, 2.75) is 26.3 Å². The molecule has 1 aliphatic carbocycles. The average Bonchev–Trinajstić information content (AvgIpc) is 2.26. The SMILES string of the molecule is CC1CC2C(=O)NC1C2C. The normalized spacial score (nSPS) is 51.6. The Morgan fingerprint density at radius 2 is 2.20 bits per heavy atom. The second-order valence-electron chi connectivity index (χ2n) is 3.71. The second kappa shape index (κ2) is 1.74. The van der Waals surface area contributed by atoms with Crippen molar-refractivity contribution >= 4 is 5.91 Å². The van der Waals surface area contributed by atoms with Gasteiger partial charge >= 0.3 is 0 Å². The first-order chi connectivity index (χ1) is 4.70. The Morgan fingerprint density at radius 1 is 1.50 bits per heavy atom. The van der Waals surface area contributed by atoms with E-state index in [1.54, 1.807) is 0 Å². The van der Waals surface area contributed by atoms with E-state index < -0.39 is 0 Å². The molecule has 1 N–H and O–H groups in total. The van der Waals surface area contributed by atoms with Crippen molar-refractivity contribution in [1.82, 2.24) is 5.32 Å². The molecule has 1 saturated heterocycles. The van der Waals surface area contributed by atoms with Gasteiger partial charge in [0.1, 0.15) is 0 Å². The van der Waals surface area contributed by atoms with E-state index in [4.69, 9.17) is 0 Å². The van der Waals surface area contributed by atoms with Gasteiger partial charge in [0, 0.05) is 12.0 Å². The molecule has 2 rings (SSSR count). The minimum absolute atomic E-state index is 0.288. The molecule has 1 aliphatic heterocycles. The summed E-state index contributed by atoms with van der Waals surface area (Å²) in [5, 5.41) is 3.01. The molecule has 0 aromatic rings. The van der Waals surface area contributed by atoms with Crippen LogP contribution in [0.3, 0.4) is 0 Å². The Labute approximate surface area is 61.0 Å². The van der Waals surface area contributed by atoms with Crippen LogP contribution in [0.25, 0.3) is 0 Å². The topological polar surface area (TPSA) is 29.1 Å². The lowest BCUT2D eigenvalue weighted by molar-refractivity contribution is -0.124. The molecule has 56 valence electrons. The number of carbonyl (C=O) groups excluding carboxylic acids is 1. The average molecular weight is 139 g/mol. The van der Waals surface area contributed by atoms with Crippen LogP contribution in [0.1, 0.15) is 20.3 Å². The number of rotatable bonds is 0. The van der Waals surface area contributed by atoms with Gasteiger partial charge in [-0.3, -0.25) is 4.79 Å². The molecule has 1 saturated carbocycles. The van der Waals surface area contributed by atoms with E-state index in [0.717, 1.165) is 6.42 Å². The number of fused-ring (bicyclic) bond motifs is 2. The maximum atomic E-state index is 11.1. The summed E-state index contributed by atoms with van der Waals surface area (Å²) in [6, 6.07) is 0.484. The van der Waals surface area contributed by atoms with Gasteiger partial charge in [-0.25, -0.2) is 0 Å². The zero-order valence-corrected chi connectivity index (χ0v) is 6.42. The van der Waals surface area contributed by atoms with E-state index in [0.29, 0.717) is 23.8 Å². The highest BCUT2D eigenvalue weighted by Crippen LogP contribution is 2.41. The predicted octanol–water partition coefficient (Wildman–Crippen LogP) is 0.777. The molecule has 2 bridgehead atoms. The Balaban J connectivity index is 2.25. The molecule has 2 heteroatoms. The molecule has 4 unspecified atom stereocenters. The molecule has 0 radical (unpaired) electrons. The Bertz CT molecular complexity index is 178. The molecule has 2 nitrogen and oxygen atoms in total. The fourth-order valence-corrected chi connectivity index (χ4v) is 2.42. The zero-order chi connectivity index (χ0) is 7.30. The Kier molecular flexibility index (Phi) is 1.08. The molecule has 1 heterocycles. The van der Waals surface area contributed by atoms with Crippen LogP contribution < -0.4 is 5.32 Å². The van der Waals surface area contributed by atoms with Crippen LogP contribution in [0.4, 0.5) is 0 Å². The molecule has 10 heavy (non-hydrogen) atoms. The number of hydrogen-bond acceptors (Lipinski definition) is 1. The predicted molar refractivity (Wildman–Crippen MR) is 38.4 cm³/mol. The molecule has 1 amide bonds. The number of carbonyl (C=O) groups is 1. The van der Waals surface area contributed by atoms with Gasteiger partial charge in [-0.2, -0.15) is 0 Å². The minimum Gasteiger partial charge on any atom is -0.353 e. The number of amides is 1. The molecule has 0 spiro atoms. The van der Waals surface area contributed by atoms with E-state index in [1.165, 1.54) is 0 Å². The maximum absolute atomic E-state index is 11.1. The van der Waals surface area contributed by atoms with Gasteiger partial charge in [-0.05, 0) is 18.3 Å². The quantitative estimate of drug-likeness (QED) is 0.528. The first kappa shape index (κ1) is 6.20. The van der Waals surface area contributed by atoms with Gasteiger partial charge < -0.3 is 5.32 Å².